The highest BCUT2D eigenvalue weighted by Crippen LogP contribution is 2.51. The van der Waals surface area contributed by atoms with Crippen LogP contribution in [-0.2, 0) is 4.74 Å². The lowest BCUT2D eigenvalue weighted by atomic mass is 9.58. The molecule has 1 spiro atoms. The lowest BCUT2D eigenvalue weighted by Crippen LogP contribution is -2.64. The molecule has 1 aliphatic heterocycles. The fourth-order valence-electron chi connectivity index (χ4n) is 3.22. The van der Waals surface area contributed by atoms with Crippen molar-refractivity contribution in [1.82, 2.24) is 15.1 Å². The predicted octanol–water partition coefficient (Wildman–Crippen LogP) is 2.71. The molecular weight excluding hydrogens is 328 g/mol. The first-order valence-corrected chi connectivity index (χ1v) is 8.32. The number of ether oxygens (including phenoxy) is 1. The third-order valence-corrected chi connectivity index (χ3v) is 4.45. The van der Waals surface area contributed by atoms with E-state index in [9.17, 15) is 4.79 Å². The maximum absolute atomic E-state index is 12.0. The number of amides is 1. The van der Waals surface area contributed by atoms with Gasteiger partial charge in [0.05, 0.1) is 5.56 Å². The summed E-state index contributed by atoms with van der Waals surface area (Å²) in [5, 5.41) is 7.70. The molecule has 1 saturated carbocycles. The summed E-state index contributed by atoms with van der Waals surface area (Å²) in [4.78, 5) is 13.7. The van der Waals surface area contributed by atoms with Crippen LogP contribution in [0.3, 0.4) is 0 Å². The molecule has 2 fully saturated rings. The summed E-state index contributed by atoms with van der Waals surface area (Å²) in [7, 11) is 0. The Balaban J connectivity index is 1.50. The Morgan fingerprint density at radius 3 is 2.71 bits per heavy atom. The van der Waals surface area contributed by atoms with Crippen LogP contribution < -0.4 is 5.73 Å². The maximum atomic E-state index is 12.0. The van der Waals surface area contributed by atoms with Crippen LogP contribution in [-0.4, -0.2) is 39.9 Å². The van der Waals surface area contributed by atoms with Crippen LogP contribution in [0, 0.1) is 23.2 Å². The van der Waals surface area contributed by atoms with Crippen molar-refractivity contribution in [2.24, 2.45) is 11.3 Å². The number of carbonyl (C=O) groups is 1. The van der Waals surface area contributed by atoms with Gasteiger partial charge in [-0.2, -0.15) is 0 Å². The molecule has 24 heavy (non-hydrogen) atoms. The predicted molar refractivity (Wildman–Crippen MR) is 91.3 cm³/mol. The number of anilines is 1. The molecule has 1 aliphatic carbocycles. The van der Waals surface area contributed by atoms with Gasteiger partial charge in [-0.15, -0.1) is 10.2 Å². The van der Waals surface area contributed by atoms with Crippen molar-refractivity contribution in [3.8, 4) is 11.8 Å². The van der Waals surface area contributed by atoms with E-state index < -0.39 is 5.60 Å². The largest absolute Gasteiger partial charge is 0.444 e. The highest BCUT2D eigenvalue weighted by atomic mass is 35.5. The van der Waals surface area contributed by atoms with Gasteiger partial charge in [0, 0.05) is 24.4 Å². The van der Waals surface area contributed by atoms with E-state index in [1.165, 1.54) is 0 Å². The monoisotopic (exact) mass is 348 g/mol. The van der Waals surface area contributed by atoms with Gasteiger partial charge in [-0.3, -0.25) is 0 Å². The van der Waals surface area contributed by atoms with Crippen molar-refractivity contribution >= 4 is 23.5 Å². The van der Waals surface area contributed by atoms with Gasteiger partial charge in [0.15, 0.2) is 11.0 Å². The average molecular weight is 349 g/mol. The van der Waals surface area contributed by atoms with Crippen LogP contribution in [0.4, 0.5) is 10.6 Å². The summed E-state index contributed by atoms with van der Waals surface area (Å²) < 4.78 is 5.38. The first-order valence-electron chi connectivity index (χ1n) is 7.94. The van der Waals surface area contributed by atoms with Crippen molar-refractivity contribution in [2.45, 2.75) is 39.2 Å². The highest BCUT2D eigenvalue weighted by molar-refractivity contribution is 6.29. The van der Waals surface area contributed by atoms with Gasteiger partial charge in [-0.1, -0.05) is 23.4 Å². The first-order chi connectivity index (χ1) is 11.2. The standard InChI is InChI=1S/C17H21ClN4O2/c1-16(2,3)24-15(23)22-9-17(10-22)7-11(8-17)4-5-12-6-13(18)20-21-14(12)19/h6,11H,7-10H2,1-3H3,(H2,19,21). The molecule has 2 N–H and O–H groups in total. The summed E-state index contributed by atoms with van der Waals surface area (Å²) in [6.45, 7) is 7.14. The molecule has 0 atom stereocenters. The van der Waals surface area contributed by atoms with Gasteiger partial charge >= 0.3 is 6.09 Å². The Morgan fingerprint density at radius 1 is 1.42 bits per heavy atom. The SMILES string of the molecule is CC(C)(C)OC(=O)N1CC2(CC(C#Cc3cc(Cl)nnc3N)C2)C1. The summed E-state index contributed by atoms with van der Waals surface area (Å²) in [5.74, 6) is 6.87. The number of nitrogens with two attached hydrogens (primary N) is 1. The first kappa shape index (κ1) is 16.8. The minimum Gasteiger partial charge on any atom is -0.444 e. The molecule has 2 aliphatic rings. The van der Waals surface area contributed by atoms with E-state index in [0.29, 0.717) is 17.3 Å². The van der Waals surface area contributed by atoms with Gasteiger partial charge in [0.25, 0.3) is 0 Å². The Kier molecular flexibility index (Phi) is 4.08. The molecule has 1 aromatic heterocycles. The van der Waals surface area contributed by atoms with E-state index in [0.717, 1.165) is 25.9 Å². The van der Waals surface area contributed by atoms with Crippen molar-refractivity contribution < 1.29 is 9.53 Å². The summed E-state index contributed by atoms with van der Waals surface area (Å²) in [6, 6.07) is 1.62. The summed E-state index contributed by atoms with van der Waals surface area (Å²) in [6.07, 6.45) is 1.75. The third kappa shape index (κ3) is 3.57. The number of carbonyl (C=O) groups excluding carboxylic acids is 1. The van der Waals surface area contributed by atoms with Crippen molar-refractivity contribution in [1.29, 1.82) is 0 Å². The Morgan fingerprint density at radius 2 is 2.08 bits per heavy atom. The van der Waals surface area contributed by atoms with Crippen LogP contribution in [0.5, 0.6) is 0 Å². The van der Waals surface area contributed by atoms with Crippen LogP contribution in [0.1, 0.15) is 39.2 Å². The van der Waals surface area contributed by atoms with E-state index >= 15 is 0 Å². The normalized spacial score (nSPS) is 19.1. The number of rotatable bonds is 0. The summed E-state index contributed by atoms with van der Waals surface area (Å²) in [5.41, 5.74) is 6.11. The van der Waals surface area contributed by atoms with Gasteiger partial charge in [0.2, 0.25) is 0 Å². The molecular formula is C17H21ClN4O2. The minimum absolute atomic E-state index is 0.218. The lowest BCUT2D eigenvalue weighted by Gasteiger charge is -2.57. The van der Waals surface area contributed by atoms with E-state index in [1.807, 2.05) is 20.8 Å². The third-order valence-electron chi connectivity index (χ3n) is 4.27. The Bertz CT molecular complexity index is 718. The van der Waals surface area contributed by atoms with Crippen molar-refractivity contribution in [2.75, 3.05) is 18.8 Å². The van der Waals surface area contributed by atoms with Crippen molar-refractivity contribution in [3.05, 3.63) is 16.8 Å². The lowest BCUT2D eigenvalue weighted by molar-refractivity contribution is -0.0832. The summed E-state index contributed by atoms with van der Waals surface area (Å²) >= 11 is 5.80. The second kappa shape index (κ2) is 5.82. The van der Waals surface area contributed by atoms with Crippen LogP contribution in [0.25, 0.3) is 0 Å². The number of halogens is 1. The zero-order valence-corrected chi connectivity index (χ0v) is 14.9. The quantitative estimate of drug-likeness (QED) is 0.729. The van der Waals surface area contributed by atoms with Crippen LogP contribution in [0.2, 0.25) is 5.15 Å². The molecule has 1 saturated heterocycles. The molecule has 0 bridgehead atoms. The van der Waals surface area contributed by atoms with E-state index in [4.69, 9.17) is 22.1 Å². The second-order valence-electron chi connectivity index (χ2n) is 7.68. The van der Waals surface area contributed by atoms with E-state index in [-0.39, 0.29) is 16.7 Å². The molecule has 128 valence electrons. The molecule has 0 aromatic carbocycles. The molecule has 2 heterocycles. The number of hydrogen-bond donors (Lipinski definition) is 1. The number of hydrogen-bond acceptors (Lipinski definition) is 5. The fraction of sp³-hybridized carbons (Fsp3) is 0.588. The number of likely N-dealkylation sites (tertiary alicyclic amines) is 1. The molecule has 3 rings (SSSR count). The van der Waals surface area contributed by atoms with Gasteiger partial charge < -0.3 is 15.4 Å². The smallest absolute Gasteiger partial charge is 0.410 e. The van der Waals surface area contributed by atoms with Crippen LogP contribution >= 0.6 is 11.6 Å². The Hall–Kier alpha value is -2.00. The molecule has 1 aromatic rings. The number of nitrogens with zero attached hydrogens (tertiary/aromatic N) is 3. The molecule has 0 radical (unpaired) electrons. The highest BCUT2D eigenvalue weighted by Gasteiger charge is 2.54. The zero-order chi connectivity index (χ0) is 17.5. The second-order valence-corrected chi connectivity index (χ2v) is 8.06. The zero-order valence-electron chi connectivity index (χ0n) is 14.1. The van der Waals surface area contributed by atoms with Crippen LogP contribution in [0.15, 0.2) is 6.07 Å². The van der Waals surface area contributed by atoms with Gasteiger partial charge in [-0.05, 0) is 39.7 Å². The van der Waals surface area contributed by atoms with E-state index in [1.54, 1.807) is 11.0 Å². The van der Waals surface area contributed by atoms with Gasteiger partial charge in [0.1, 0.15) is 5.60 Å². The average Bonchev–Trinajstić information content (AvgIpc) is 2.36. The fourth-order valence-corrected chi connectivity index (χ4v) is 3.37. The maximum Gasteiger partial charge on any atom is 0.410 e. The topological polar surface area (TPSA) is 81.3 Å². The Labute approximate surface area is 146 Å². The molecule has 7 heteroatoms. The van der Waals surface area contributed by atoms with E-state index in [2.05, 4.69) is 22.0 Å². The number of aromatic nitrogens is 2. The minimum atomic E-state index is -0.451. The molecule has 1 amide bonds. The van der Waals surface area contributed by atoms with Crippen molar-refractivity contribution in [3.63, 3.8) is 0 Å². The molecule has 0 unspecified atom stereocenters. The molecule has 6 nitrogen and oxygen atoms in total. The van der Waals surface area contributed by atoms with Gasteiger partial charge in [-0.25, -0.2) is 4.79 Å². The number of nitrogen functional groups attached to an aromatic ring is 1.